The summed E-state index contributed by atoms with van der Waals surface area (Å²) in [4.78, 5) is 2.42. The minimum Gasteiger partial charge on any atom is -0.327 e. The van der Waals surface area contributed by atoms with Crippen molar-refractivity contribution in [1.82, 2.24) is 10.2 Å². The number of nitrogens with one attached hydrogen (secondary N) is 1. The molecule has 0 saturated carbocycles. The molecule has 0 radical (unpaired) electrons. The quantitative estimate of drug-likeness (QED) is 0.727. The molecule has 0 spiro atoms. The molecule has 0 bridgehead atoms. The molecule has 2 aliphatic rings. The Morgan fingerprint density at radius 2 is 1.89 bits per heavy atom. The normalized spacial score (nSPS) is 27.1. The number of benzene rings is 1. The van der Waals surface area contributed by atoms with Gasteiger partial charge in [-0.15, -0.1) is 0 Å². The van der Waals surface area contributed by atoms with E-state index in [-0.39, 0.29) is 0 Å². The largest absolute Gasteiger partial charge is 0.327 e. The molecule has 2 heterocycles. The molecule has 5 N–H and O–H groups in total. The average Bonchev–Trinajstić information content (AvgIpc) is 3.03. The van der Waals surface area contributed by atoms with Gasteiger partial charge in [0.1, 0.15) is 0 Å². The zero-order valence-corrected chi connectivity index (χ0v) is 11.6. The van der Waals surface area contributed by atoms with Gasteiger partial charge >= 0.3 is 0 Å². The van der Waals surface area contributed by atoms with Crippen molar-refractivity contribution in [3.63, 3.8) is 0 Å². The molecular weight excluding hydrogens is 236 g/mol. The standard InChI is InChI=1S/C11H16N2.C4H10N2/c12-11-6-7-13(9-11)8-10-4-2-1-3-5-10;5-4-1-2-6-3-4/h1-5,11H,6-9,12H2;4,6H,1-3,5H2. The molecule has 0 aromatic heterocycles. The second-order valence-electron chi connectivity index (χ2n) is 5.52. The Bertz CT molecular complexity index is 348. The summed E-state index contributed by atoms with van der Waals surface area (Å²) in [6.45, 7) is 5.38. The Morgan fingerprint density at radius 1 is 1.11 bits per heavy atom. The molecule has 0 amide bonds. The van der Waals surface area contributed by atoms with Gasteiger partial charge in [-0.1, -0.05) is 30.3 Å². The minimum absolute atomic E-state index is 0.392. The predicted octanol–water partition coefficient (Wildman–Crippen LogP) is 0.527. The van der Waals surface area contributed by atoms with Crippen LogP contribution in [0.1, 0.15) is 18.4 Å². The smallest absolute Gasteiger partial charge is 0.0234 e. The molecule has 4 nitrogen and oxygen atoms in total. The van der Waals surface area contributed by atoms with Gasteiger partial charge in [-0.3, -0.25) is 4.90 Å². The summed E-state index contributed by atoms with van der Waals surface area (Å²) in [5, 5.41) is 3.15. The van der Waals surface area contributed by atoms with Crippen LogP contribution in [-0.4, -0.2) is 43.2 Å². The summed E-state index contributed by atoms with van der Waals surface area (Å²) in [7, 11) is 0. The van der Waals surface area contributed by atoms with E-state index in [1.165, 1.54) is 5.56 Å². The number of nitrogens with two attached hydrogens (primary N) is 2. The van der Waals surface area contributed by atoms with Crippen LogP contribution in [0.5, 0.6) is 0 Å². The fourth-order valence-corrected chi connectivity index (χ4v) is 2.52. The van der Waals surface area contributed by atoms with Crippen LogP contribution in [0.4, 0.5) is 0 Å². The van der Waals surface area contributed by atoms with Gasteiger partial charge in [0.05, 0.1) is 0 Å². The molecule has 3 rings (SSSR count). The molecular formula is C15H26N4. The lowest BCUT2D eigenvalue weighted by Crippen LogP contribution is -2.26. The van der Waals surface area contributed by atoms with E-state index < -0.39 is 0 Å². The Labute approximate surface area is 116 Å². The number of hydrogen-bond donors (Lipinski definition) is 3. The number of rotatable bonds is 2. The lowest BCUT2D eigenvalue weighted by molar-refractivity contribution is 0.327. The van der Waals surface area contributed by atoms with Gasteiger partial charge in [-0.2, -0.15) is 0 Å². The summed E-state index contributed by atoms with van der Waals surface area (Å²) in [6.07, 6.45) is 2.30. The molecule has 1 aromatic carbocycles. The Kier molecular flexibility index (Phi) is 5.79. The molecule has 2 saturated heterocycles. The van der Waals surface area contributed by atoms with Crippen LogP contribution in [-0.2, 0) is 6.54 Å². The Morgan fingerprint density at radius 3 is 2.37 bits per heavy atom. The third-order valence-corrected chi connectivity index (χ3v) is 3.66. The van der Waals surface area contributed by atoms with E-state index in [9.17, 15) is 0 Å². The molecule has 2 fully saturated rings. The van der Waals surface area contributed by atoms with Crippen molar-refractivity contribution in [2.45, 2.75) is 31.5 Å². The first-order chi connectivity index (χ1) is 9.24. The monoisotopic (exact) mass is 262 g/mol. The topological polar surface area (TPSA) is 67.3 Å². The predicted molar refractivity (Wildman–Crippen MR) is 79.8 cm³/mol. The Hall–Kier alpha value is -0.940. The highest BCUT2D eigenvalue weighted by molar-refractivity contribution is 5.14. The summed E-state index contributed by atoms with van der Waals surface area (Å²) < 4.78 is 0. The third-order valence-electron chi connectivity index (χ3n) is 3.66. The molecule has 2 aliphatic heterocycles. The lowest BCUT2D eigenvalue weighted by Gasteiger charge is -2.14. The van der Waals surface area contributed by atoms with Crippen molar-refractivity contribution in [3.05, 3.63) is 35.9 Å². The SMILES string of the molecule is NC1CCN(Cc2ccccc2)C1.NC1CCNC1. The van der Waals surface area contributed by atoms with Crippen LogP contribution in [0.3, 0.4) is 0 Å². The number of hydrogen-bond acceptors (Lipinski definition) is 4. The average molecular weight is 262 g/mol. The second-order valence-corrected chi connectivity index (χ2v) is 5.52. The van der Waals surface area contributed by atoms with Gasteiger partial charge in [-0.25, -0.2) is 0 Å². The first-order valence-corrected chi connectivity index (χ1v) is 7.22. The molecule has 0 aliphatic carbocycles. The van der Waals surface area contributed by atoms with Gasteiger partial charge in [0, 0.05) is 38.3 Å². The second kappa shape index (κ2) is 7.60. The van der Waals surface area contributed by atoms with Crippen LogP contribution in [0.15, 0.2) is 30.3 Å². The number of nitrogens with zero attached hydrogens (tertiary/aromatic N) is 1. The van der Waals surface area contributed by atoms with Crippen LogP contribution in [0.2, 0.25) is 0 Å². The fraction of sp³-hybridized carbons (Fsp3) is 0.600. The van der Waals surface area contributed by atoms with Crippen LogP contribution in [0.25, 0.3) is 0 Å². The van der Waals surface area contributed by atoms with Crippen molar-refractivity contribution in [2.75, 3.05) is 26.2 Å². The van der Waals surface area contributed by atoms with E-state index >= 15 is 0 Å². The third kappa shape index (κ3) is 5.28. The van der Waals surface area contributed by atoms with Crippen molar-refractivity contribution in [2.24, 2.45) is 11.5 Å². The van der Waals surface area contributed by atoms with Gasteiger partial charge in [0.25, 0.3) is 0 Å². The highest BCUT2D eigenvalue weighted by atomic mass is 15.2. The maximum absolute atomic E-state index is 5.84. The maximum Gasteiger partial charge on any atom is 0.0234 e. The van der Waals surface area contributed by atoms with E-state index in [4.69, 9.17) is 11.5 Å². The van der Waals surface area contributed by atoms with Crippen molar-refractivity contribution < 1.29 is 0 Å². The Balaban J connectivity index is 0.000000186. The first kappa shape index (κ1) is 14.5. The molecule has 1 aromatic rings. The first-order valence-electron chi connectivity index (χ1n) is 7.22. The summed E-state index contributed by atoms with van der Waals surface area (Å²) in [5.41, 5.74) is 12.7. The lowest BCUT2D eigenvalue weighted by atomic mass is 10.2. The fourth-order valence-electron chi connectivity index (χ4n) is 2.52. The zero-order chi connectivity index (χ0) is 13.5. The van der Waals surface area contributed by atoms with Crippen molar-refractivity contribution >= 4 is 0 Å². The van der Waals surface area contributed by atoms with Gasteiger partial charge in [0.15, 0.2) is 0 Å². The minimum atomic E-state index is 0.392. The maximum atomic E-state index is 5.84. The van der Waals surface area contributed by atoms with Crippen LogP contribution < -0.4 is 16.8 Å². The molecule has 4 heteroatoms. The van der Waals surface area contributed by atoms with Crippen molar-refractivity contribution in [3.8, 4) is 0 Å². The molecule has 19 heavy (non-hydrogen) atoms. The zero-order valence-electron chi connectivity index (χ0n) is 11.6. The highest BCUT2D eigenvalue weighted by Gasteiger charge is 2.18. The van der Waals surface area contributed by atoms with Gasteiger partial charge < -0.3 is 16.8 Å². The summed E-state index contributed by atoms with van der Waals surface area (Å²) in [5.74, 6) is 0. The molecule has 2 unspecified atom stereocenters. The van der Waals surface area contributed by atoms with E-state index in [0.29, 0.717) is 12.1 Å². The summed E-state index contributed by atoms with van der Waals surface area (Å²) in [6, 6.07) is 11.4. The van der Waals surface area contributed by atoms with Gasteiger partial charge in [-0.05, 0) is 24.9 Å². The molecule has 106 valence electrons. The van der Waals surface area contributed by atoms with E-state index in [2.05, 4.69) is 40.5 Å². The van der Waals surface area contributed by atoms with Crippen molar-refractivity contribution in [1.29, 1.82) is 0 Å². The van der Waals surface area contributed by atoms with E-state index in [1.807, 2.05) is 0 Å². The van der Waals surface area contributed by atoms with E-state index in [1.54, 1.807) is 0 Å². The highest BCUT2D eigenvalue weighted by Crippen LogP contribution is 2.11. The molecule has 2 atom stereocenters. The number of likely N-dealkylation sites (tertiary alicyclic amines) is 1. The van der Waals surface area contributed by atoms with Crippen LogP contribution in [0, 0.1) is 0 Å². The van der Waals surface area contributed by atoms with E-state index in [0.717, 1.165) is 45.6 Å². The van der Waals surface area contributed by atoms with Gasteiger partial charge in [0.2, 0.25) is 0 Å². The van der Waals surface area contributed by atoms with Crippen LogP contribution >= 0.6 is 0 Å². The summed E-state index contributed by atoms with van der Waals surface area (Å²) >= 11 is 0.